The molecule has 1 N–H and O–H groups in total. The van der Waals surface area contributed by atoms with Crippen molar-refractivity contribution in [2.45, 2.75) is 32.0 Å². The summed E-state index contributed by atoms with van der Waals surface area (Å²) < 4.78 is 34.3. The van der Waals surface area contributed by atoms with E-state index in [1.165, 1.54) is 6.07 Å². The van der Waals surface area contributed by atoms with Gasteiger partial charge in [-0.3, -0.25) is 0 Å². The van der Waals surface area contributed by atoms with E-state index in [-0.39, 0.29) is 5.75 Å². The highest BCUT2D eigenvalue weighted by atomic mass is 19.3. The third kappa shape index (κ3) is 4.14. The zero-order valence-corrected chi connectivity index (χ0v) is 10.6. The van der Waals surface area contributed by atoms with Gasteiger partial charge >= 0.3 is 6.61 Å². The monoisotopic (exact) mass is 272 g/mol. The first-order valence-corrected chi connectivity index (χ1v) is 6.46. The molecule has 1 aliphatic heterocycles. The summed E-state index contributed by atoms with van der Waals surface area (Å²) in [5.74, 6) is 0.417. The lowest BCUT2D eigenvalue weighted by Gasteiger charge is -2.25. The van der Waals surface area contributed by atoms with Crippen LogP contribution in [0.4, 0.5) is 8.78 Å². The summed E-state index contributed by atoms with van der Waals surface area (Å²) >= 11 is 0. The van der Waals surface area contributed by atoms with Crippen LogP contribution >= 0.6 is 0 Å². The number of benzene rings is 1. The smallest absolute Gasteiger partial charge is 0.387 e. The highest BCUT2D eigenvalue weighted by Gasteiger charge is 2.21. The van der Waals surface area contributed by atoms with Gasteiger partial charge in [0.25, 0.3) is 0 Å². The Bertz CT molecular complexity index is 392. The molecule has 0 bridgehead atoms. The van der Waals surface area contributed by atoms with Crippen LogP contribution in [-0.4, -0.2) is 24.9 Å². The Morgan fingerprint density at radius 2 is 1.95 bits per heavy atom. The number of hydrogen-bond acceptors (Lipinski definition) is 3. The van der Waals surface area contributed by atoms with Gasteiger partial charge in [-0.05, 0) is 31.2 Å². The molecule has 1 saturated heterocycles. The van der Waals surface area contributed by atoms with E-state index in [1.54, 1.807) is 18.2 Å². The van der Waals surface area contributed by atoms with Crippen LogP contribution in [-0.2, 0) is 4.74 Å². The van der Waals surface area contributed by atoms with Crippen molar-refractivity contribution in [3.8, 4) is 5.75 Å². The highest BCUT2D eigenvalue weighted by Crippen LogP contribution is 2.32. The molecule has 1 aromatic rings. The number of alkyl halides is 2. The predicted octanol–water partition coefficient (Wildman–Crippen LogP) is 3.14. The molecule has 1 unspecified atom stereocenters. The van der Waals surface area contributed by atoms with Gasteiger partial charge in [0.1, 0.15) is 5.75 Å². The van der Waals surface area contributed by atoms with Crippen molar-refractivity contribution >= 4 is 0 Å². The molecule has 19 heavy (non-hydrogen) atoms. The molecule has 1 atom stereocenters. The van der Waals surface area contributed by atoms with Crippen LogP contribution in [0.3, 0.4) is 0 Å². The second-order valence-electron chi connectivity index (χ2n) is 4.72. The molecule has 2 rings (SSSR count). The van der Waals surface area contributed by atoms with Gasteiger partial charge < -0.3 is 14.6 Å². The molecular weight excluding hydrogens is 254 g/mol. The van der Waals surface area contributed by atoms with E-state index in [0.717, 1.165) is 12.8 Å². The number of ether oxygens (including phenoxy) is 2. The molecule has 1 fully saturated rings. The number of aliphatic hydroxyl groups excluding tert-OH is 1. The Morgan fingerprint density at radius 3 is 2.63 bits per heavy atom. The Balaban J connectivity index is 2.02. The Kier molecular flexibility index (Phi) is 5.10. The summed E-state index contributed by atoms with van der Waals surface area (Å²) in [6.45, 7) is -1.48. The molecule has 0 spiro atoms. The molecule has 0 saturated carbocycles. The van der Waals surface area contributed by atoms with Crippen LogP contribution in [0.25, 0.3) is 0 Å². The van der Waals surface area contributed by atoms with Gasteiger partial charge in [-0.25, -0.2) is 0 Å². The number of hydrogen-bond donors (Lipinski definition) is 1. The first-order chi connectivity index (χ1) is 9.16. The maximum Gasteiger partial charge on any atom is 0.387 e. The van der Waals surface area contributed by atoms with E-state index in [0.29, 0.717) is 31.1 Å². The molecule has 1 aromatic carbocycles. The lowest BCUT2D eigenvalue weighted by molar-refractivity contribution is -0.0519. The minimum atomic E-state index is -2.88. The summed E-state index contributed by atoms with van der Waals surface area (Å²) in [5, 5.41) is 10.2. The average molecular weight is 272 g/mol. The Hall–Kier alpha value is -1.20. The van der Waals surface area contributed by atoms with Gasteiger partial charge in [0.15, 0.2) is 0 Å². The van der Waals surface area contributed by atoms with Gasteiger partial charge in [-0.1, -0.05) is 18.2 Å². The SMILES string of the molecule is OC(CC1CCOCC1)c1ccccc1OC(F)F. The third-order valence-electron chi connectivity index (χ3n) is 3.39. The van der Waals surface area contributed by atoms with E-state index in [2.05, 4.69) is 4.74 Å². The van der Waals surface area contributed by atoms with Crippen molar-refractivity contribution < 1.29 is 23.4 Å². The first kappa shape index (κ1) is 14.2. The van der Waals surface area contributed by atoms with E-state index in [1.807, 2.05) is 0 Å². The van der Waals surface area contributed by atoms with E-state index >= 15 is 0 Å². The molecule has 106 valence electrons. The standard InChI is InChI=1S/C14H18F2O3/c15-14(16)19-13-4-2-1-3-11(13)12(17)9-10-5-7-18-8-6-10/h1-4,10,12,14,17H,5-9H2. The lowest BCUT2D eigenvalue weighted by atomic mass is 9.91. The second kappa shape index (κ2) is 6.82. The molecule has 0 aromatic heterocycles. The van der Waals surface area contributed by atoms with Crippen molar-refractivity contribution in [1.82, 2.24) is 0 Å². The number of para-hydroxylation sites is 1. The van der Waals surface area contributed by atoms with Crippen molar-refractivity contribution in [2.24, 2.45) is 5.92 Å². The maximum absolute atomic E-state index is 12.3. The van der Waals surface area contributed by atoms with Crippen LogP contribution in [0, 0.1) is 5.92 Å². The molecule has 0 radical (unpaired) electrons. The second-order valence-corrected chi connectivity index (χ2v) is 4.72. The van der Waals surface area contributed by atoms with Crippen LogP contribution < -0.4 is 4.74 Å². The Morgan fingerprint density at radius 1 is 1.26 bits per heavy atom. The molecule has 0 amide bonds. The van der Waals surface area contributed by atoms with Crippen LogP contribution in [0.1, 0.15) is 30.9 Å². The fraction of sp³-hybridized carbons (Fsp3) is 0.571. The van der Waals surface area contributed by atoms with Gasteiger partial charge in [0, 0.05) is 18.8 Å². The maximum atomic E-state index is 12.3. The lowest BCUT2D eigenvalue weighted by Crippen LogP contribution is -2.18. The van der Waals surface area contributed by atoms with Crippen molar-refractivity contribution in [2.75, 3.05) is 13.2 Å². The molecule has 3 nitrogen and oxygen atoms in total. The first-order valence-electron chi connectivity index (χ1n) is 6.46. The number of halogens is 2. The third-order valence-corrected chi connectivity index (χ3v) is 3.39. The minimum absolute atomic E-state index is 0.0528. The Labute approximate surface area is 111 Å². The van der Waals surface area contributed by atoms with Crippen LogP contribution in [0.15, 0.2) is 24.3 Å². The van der Waals surface area contributed by atoms with Crippen LogP contribution in [0.5, 0.6) is 5.75 Å². The molecule has 0 aliphatic carbocycles. The van der Waals surface area contributed by atoms with Crippen molar-refractivity contribution in [3.05, 3.63) is 29.8 Å². The highest BCUT2D eigenvalue weighted by molar-refractivity contribution is 5.35. The minimum Gasteiger partial charge on any atom is -0.434 e. The summed E-state index contributed by atoms with van der Waals surface area (Å²) in [6.07, 6.45) is 1.56. The fourth-order valence-corrected chi connectivity index (χ4v) is 2.38. The zero-order chi connectivity index (χ0) is 13.7. The number of aliphatic hydroxyl groups is 1. The van der Waals surface area contributed by atoms with Gasteiger partial charge in [-0.15, -0.1) is 0 Å². The summed E-state index contributed by atoms with van der Waals surface area (Å²) in [5.41, 5.74) is 0.425. The fourth-order valence-electron chi connectivity index (χ4n) is 2.38. The predicted molar refractivity (Wildman–Crippen MR) is 66.2 cm³/mol. The average Bonchev–Trinajstić information content (AvgIpc) is 2.39. The summed E-state index contributed by atoms with van der Waals surface area (Å²) in [7, 11) is 0. The van der Waals surface area contributed by atoms with Gasteiger partial charge in [-0.2, -0.15) is 8.78 Å². The molecule has 1 heterocycles. The topological polar surface area (TPSA) is 38.7 Å². The van der Waals surface area contributed by atoms with Crippen molar-refractivity contribution in [1.29, 1.82) is 0 Å². The quantitative estimate of drug-likeness (QED) is 0.895. The molecule has 5 heteroatoms. The molecular formula is C14H18F2O3. The van der Waals surface area contributed by atoms with E-state index in [9.17, 15) is 13.9 Å². The normalized spacial score (nSPS) is 18.5. The summed E-state index contributed by atoms with van der Waals surface area (Å²) in [4.78, 5) is 0. The molecule has 1 aliphatic rings. The zero-order valence-electron chi connectivity index (χ0n) is 10.6. The number of rotatable bonds is 5. The summed E-state index contributed by atoms with van der Waals surface area (Å²) in [6, 6.07) is 6.40. The van der Waals surface area contributed by atoms with E-state index in [4.69, 9.17) is 4.74 Å². The largest absolute Gasteiger partial charge is 0.434 e. The van der Waals surface area contributed by atoms with Gasteiger partial charge in [0.05, 0.1) is 6.10 Å². The van der Waals surface area contributed by atoms with Crippen LogP contribution in [0.2, 0.25) is 0 Å². The van der Waals surface area contributed by atoms with E-state index < -0.39 is 12.7 Å². The van der Waals surface area contributed by atoms with Gasteiger partial charge in [0.2, 0.25) is 0 Å². The van der Waals surface area contributed by atoms with Crippen molar-refractivity contribution in [3.63, 3.8) is 0 Å².